The molecule has 33 heavy (non-hydrogen) atoms. The van der Waals surface area contributed by atoms with E-state index in [1.54, 1.807) is 30.3 Å². The number of carbonyl (C=O) groups is 1. The fourth-order valence-corrected chi connectivity index (χ4v) is 3.54. The van der Waals surface area contributed by atoms with Crippen LogP contribution in [0.2, 0.25) is 0 Å². The molecular formula is C25H13F3O5. The normalized spacial score (nSPS) is 11.7. The van der Waals surface area contributed by atoms with Crippen LogP contribution in [-0.4, -0.2) is 5.97 Å². The van der Waals surface area contributed by atoms with E-state index in [0.717, 1.165) is 6.07 Å². The number of rotatable bonds is 3. The molecule has 0 aliphatic rings. The molecule has 0 fully saturated rings. The minimum atomic E-state index is -4.92. The summed E-state index contributed by atoms with van der Waals surface area (Å²) in [6, 6.07) is 19.6. The van der Waals surface area contributed by atoms with Crippen molar-refractivity contribution in [3.63, 3.8) is 0 Å². The Balaban J connectivity index is 1.57. The van der Waals surface area contributed by atoms with Crippen LogP contribution in [0.5, 0.6) is 5.75 Å². The van der Waals surface area contributed by atoms with E-state index in [1.807, 2.05) is 0 Å². The number of halogens is 3. The average molecular weight is 450 g/mol. The van der Waals surface area contributed by atoms with Crippen LogP contribution >= 0.6 is 0 Å². The van der Waals surface area contributed by atoms with Gasteiger partial charge in [0.2, 0.25) is 16.9 Å². The molecule has 5 rings (SSSR count). The average Bonchev–Trinajstić information content (AvgIpc) is 3.23. The Kier molecular flexibility index (Phi) is 4.78. The quantitative estimate of drug-likeness (QED) is 0.234. The molecule has 0 aliphatic carbocycles. The van der Waals surface area contributed by atoms with Gasteiger partial charge >= 0.3 is 12.1 Å². The molecule has 0 saturated carbocycles. The maximum atomic E-state index is 13.7. The molecule has 164 valence electrons. The van der Waals surface area contributed by atoms with Gasteiger partial charge in [-0.3, -0.25) is 4.79 Å². The van der Waals surface area contributed by atoms with Crippen molar-refractivity contribution in [2.45, 2.75) is 6.18 Å². The molecular weight excluding hydrogens is 437 g/mol. The monoisotopic (exact) mass is 450 g/mol. The van der Waals surface area contributed by atoms with Crippen molar-refractivity contribution in [2.24, 2.45) is 0 Å². The molecule has 0 atom stereocenters. The third kappa shape index (κ3) is 3.76. The highest BCUT2D eigenvalue weighted by Crippen LogP contribution is 2.37. The Morgan fingerprint density at radius 1 is 0.818 bits per heavy atom. The summed E-state index contributed by atoms with van der Waals surface area (Å²) in [4.78, 5) is 25.4. The lowest BCUT2D eigenvalue weighted by atomic mass is 10.0. The molecule has 2 aromatic heterocycles. The van der Waals surface area contributed by atoms with Crippen LogP contribution in [0.4, 0.5) is 13.2 Å². The van der Waals surface area contributed by atoms with Crippen molar-refractivity contribution in [3.8, 4) is 16.9 Å². The summed E-state index contributed by atoms with van der Waals surface area (Å²) in [5, 5.41) is 0.614. The molecule has 2 heterocycles. The zero-order valence-corrected chi connectivity index (χ0v) is 16.7. The maximum Gasteiger partial charge on any atom is 0.450 e. The highest BCUT2D eigenvalue weighted by atomic mass is 19.4. The number of benzene rings is 3. The number of fused-ring (bicyclic) bond motifs is 2. The molecule has 5 aromatic rings. The van der Waals surface area contributed by atoms with Crippen LogP contribution < -0.4 is 10.2 Å². The van der Waals surface area contributed by atoms with Crippen LogP contribution in [0, 0.1) is 0 Å². The van der Waals surface area contributed by atoms with Crippen molar-refractivity contribution in [2.75, 3.05) is 0 Å². The molecule has 0 unspecified atom stereocenters. The van der Waals surface area contributed by atoms with E-state index in [1.165, 1.54) is 42.5 Å². The SMILES string of the molecule is O=C(Oc1ccc2c(=O)c(-c3ccccc3)c(C(F)(F)F)oc2c1)c1cc2ccccc2o1. The van der Waals surface area contributed by atoms with Gasteiger partial charge in [0.25, 0.3) is 0 Å². The predicted octanol–water partition coefficient (Wildman–Crippen LogP) is 6.44. The number of para-hydroxylation sites is 1. The minimum Gasteiger partial charge on any atom is -0.450 e. The molecule has 3 aromatic carbocycles. The highest BCUT2D eigenvalue weighted by molar-refractivity contribution is 5.94. The molecule has 0 aliphatic heterocycles. The van der Waals surface area contributed by atoms with E-state index in [0.29, 0.717) is 11.0 Å². The Morgan fingerprint density at radius 3 is 2.27 bits per heavy atom. The summed E-state index contributed by atoms with van der Waals surface area (Å²) < 4.78 is 57.0. The summed E-state index contributed by atoms with van der Waals surface area (Å²) in [7, 11) is 0. The highest BCUT2D eigenvalue weighted by Gasteiger charge is 2.39. The number of carbonyl (C=O) groups excluding carboxylic acids is 1. The lowest BCUT2D eigenvalue weighted by Gasteiger charge is -2.13. The second-order valence-corrected chi connectivity index (χ2v) is 7.20. The molecule has 0 spiro atoms. The van der Waals surface area contributed by atoms with Crippen molar-refractivity contribution in [1.29, 1.82) is 0 Å². The van der Waals surface area contributed by atoms with Crippen LogP contribution in [-0.2, 0) is 6.18 Å². The first-order valence-electron chi connectivity index (χ1n) is 9.75. The van der Waals surface area contributed by atoms with E-state index < -0.39 is 28.9 Å². The van der Waals surface area contributed by atoms with E-state index >= 15 is 0 Å². The van der Waals surface area contributed by atoms with Gasteiger partial charge in [-0.05, 0) is 29.8 Å². The number of hydrogen-bond acceptors (Lipinski definition) is 5. The number of alkyl halides is 3. The Bertz CT molecular complexity index is 1530. The Hall–Kier alpha value is -4.33. The van der Waals surface area contributed by atoms with E-state index in [2.05, 4.69) is 0 Å². The minimum absolute atomic E-state index is 0.0758. The second-order valence-electron chi connectivity index (χ2n) is 7.20. The molecule has 0 saturated heterocycles. The number of ether oxygens (including phenoxy) is 1. The smallest absolute Gasteiger partial charge is 0.450 e. The summed E-state index contributed by atoms with van der Waals surface area (Å²) in [5.74, 6) is -2.44. The van der Waals surface area contributed by atoms with Crippen LogP contribution in [0.25, 0.3) is 33.1 Å². The van der Waals surface area contributed by atoms with Gasteiger partial charge in [-0.25, -0.2) is 4.79 Å². The largest absolute Gasteiger partial charge is 0.450 e. The lowest BCUT2D eigenvalue weighted by molar-refractivity contribution is -0.152. The van der Waals surface area contributed by atoms with Crippen molar-refractivity contribution in [3.05, 3.63) is 101 Å². The summed E-state index contributed by atoms with van der Waals surface area (Å²) in [6.45, 7) is 0. The van der Waals surface area contributed by atoms with Crippen molar-refractivity contribution >= 4 is 27.9 Å². The number of hydrogen-bond donors (Lipinski definition) is 0. The van der Waals surface area contributed by atoms with Gasteiger partial charge in [-0.2, -0.15) is 13.2 Å². The molecule has 0 N–H and O–H groups in total. The molecule has 8 heteroatoms. The second kappa shape index (κ2) is 7.67. The predicted molar refractivity (Wildman–Crippen MR) is 114 cm³/mol. The summed E-state index contributed by atoms with van der Waals surface area (Å²) in [6.07, 6.45) is -4.92. The first kappa shape index (κ1) is 20.6. The molecule has 0 radical (unpaired) electrons. The first-order chi connectivity index (χ1) is 15.8. The van der Waals surface area contributed by atoms with Crippen molar-refractivity contribution < 1.29 is 31.5 Å². The number of esters is 1. The van der Waals surface area contributed by atoms with Gasteiger partial charge in [0.1, 0.15) is 16.9 Å². The standard InChI is InChI=1S/C25H13F3O5/c26-25(27,28)23-21(14-6-2-1-3-7-14)22(29)17-11-10-16(13-19(17)33-23)31-24(30)20-12-15-8-4-5-9-18(15)32-20/h1-13H. The van der Waals surface area contributed by atoms with E-state index in [-0.39, 0.29) is 28.0 Å². The van der Waals surface area contributed by atoms with Crippen molar-refractivity contribution in [1.82, 2.24) is 0 Å². The Morgan fingerprint density at radius 2 is 1.55 bits per heavy atom. The molecule has 5 nitrogen and oxygen atoms in total. The van der Waals surface area contributed by atoms with E-state index in [9.17, 15) is 22.8 Å². The summed E-state index contributed by atoms with van der Waals surface area (Å²) >= 11 is 0. The first-order valence-corrected chi connectivity index (χ1v) is 9.75. The van der Waals surface area contributed by atoms with Crippen LogP contribution in [0.3, 0.4) is 0 Å². The molecule has 0 bridgehead atoms. The van der Waals surface area contributed by atoms with Crippen LogP contribution in [0.1, 0.15) is 16.3 Å². The van der Waals surface area contributed by atoms with E-state index in [4.69, 9.17) is 13.6 Å². The zero-order chi connectivity index (χ0) is 23.2. The fraction of sp³-hybridized carbons (Fsp3) is 0.0400. The van der Waals surface area contributed by atoms with Gasteiger partial charge in [0, 0.05) is 11.5 Å². The third-order valence-electron chi connectivity index (χ3n) is 5.02. The van der Waals surface area contributed by atoms with Gasteiger partial charge in [-0.15, -0.1) is 0 Å². The Labute approximate surface area is 183 Å². The fourth-order valence-electron chi connectivity index (χ4n) is 3.54. The summed E-state index contributed by atoms with van der Waals surface area (Å²) in [5.41, 5.74) is -1.22. The van der Waals surface area contributed by atoms with Gasteiger partial charge in [-0.1, -0.05) is 48.5 Å². The van der Waals surface area contributed by atoms with Crippen LogP contribution in [0.15, 0.2) is 92.5 Å². The number of furan rings is 1. The third-order valence-corrected chi connectivity index (χ3v) is 5.02. The van der Waals surface area contributed by atoms with Gasteiger partial charge in [0.15, 0.2) is 0 Å². The van der Waals surface area contributed by atoms with Gasteiger partial charge in [0.05, 0.1) is 10.9 Å². The topological polar surface area (TPSA) is 69.7 Å². The zero-order valence-electron chi connectivity index (χ0n) is 16.7. The lowest BCUT2D eigenvalue weighted by Crippen LogP contribution is -2.16. The van der Waals surface area contributed by atoms with Gasteiger partial charge < -0.3 is 13.6 Å². The molecule has 0 amide bonds. The maximum absolute atomic E-state index is 13.7.